The first-order chi connectivity index (χ1) is 18.6. The highest BCUT2D eigenvalue weighted by atomic mass is 35.5. The number of rotatable bonds is 8. The monoisotopic (exact) mass is 558 g/mol. The van der Waals surface area contributed by atoms with Crippen molar-refractivity contribution in [3.8, 4) is 28.4 Å². The van der Waals surface area contributed by atoms with Gasteiger partial charge in [-0.2, -0.15) is 13.2 Å². The molecule has 1 aromatic heterocycles. The van der Waals surface area contributed by atoms with Crippen molar-refractivity contribution in [1.29, 1.82) is 0 Å². The second kappa shape index (κ2) is 11.7. The van der Waals surface area contributed by atoms with Gasteiger partial charge in [-0.1, -0.05) is 29.8 Å². The van der Waals surface area contributed by atoms with Crippen molar-refractivity contribution in [2.75, 3.05) is 13.2 Å². The fourth-order valence-electron chi connectivity index (χ4n) is 3.80. The van der Waals surface area contributed by atoms with Gasteiger partial charge in [0, 0.05) is 17.2 Å². The lowest BCUT2D eigenvalue weighted by Gasteiger charge is -2.13. The minimum Gasteiger partial charge on any atom is -0.490 e. The van der Waals surface area contributed by atoms with E-state index in [1.165, 1.54) is 42.5 Å². The molecule has 0 aliphatic heterocycles. The van der Waals surface area contributed by atoms with Gasteiger partial charge in [0.25, 0.3) is 0 Å². The summed E-state index contributed by atoms with van der Waals surface area (Å²) < 4.78 is 63.1. The summed E-state index contributed by atoms with van der Waals surface area (Å²) in [6.07, 6.45) is -2.33. The zero-order valence-electron chi connectivity index (χ0n) is 20.8. The number of alkyl halides is 3. The van der Waals surface area contributed by atoms with Crippen LogP contribution in [-0.2, 0) is 11.0 Å². The molecule has 0 atom stereocenters. The summed E-state index contributed by atoms with van der Waals surface area (Å²) >= 11 is 5.84. The molecule has 0 unspecified atom stereocenters. The third kappa shape index (κ3) is 6.43. The summed E-state index contributed by atoms with van der Waals surface area (Å²) in [6, 6.07) is 14.1. The van der Waals surface area contributed by atoms with Crippen molar-refractivity contribution in [2.24, 2.45) is 0 Å². The molecule has 0 amide bonds. The number of esters is 1. The predicted octanol–water partition coefficient (Wildman–Crippen LogP) is 7.55. The second-order valence-corrected chi connectivity index (χ2v) is 8.56. The molecule has 0 bridgehead atoms. The van der Waals surface area contributed by atoms with Crippen LogP contribution in [0.2, 0.25) is 5.02 Å². The SMILES string of the molecule is CCOc1ccc(/C=C/C(=O)Oc2ccc3c(=O)c(-c4ccc(Cl)cc4)c(C(F)(F)F)oc3c2)cc1OCC. The van der Waals surface area contributed by atoms with Crippen LogP contribution >= 0.6 is 11.6 Å². The van der Waals surface area contributed by atoms with Gasteiger partial charge in [0.05, 0.1) is 24.2 Å². The molecule has 1 heterocycles. The molecule has 0 N–H and O–H groups in total. The lowest BCUT2D eigenvalue weighted by molar-refractivity contribution is -0.152. The van der Waals surface area contributed by atoms with Gasteiger partial charge in [0.2, 0.25) is 11.2 Å². The minimum atomic E-state index is -4.96. The quantitative estimate of drug-likeness (QED) is 0.126. The summed E-state index contributed by atoms with van der Waals surface area (Å²) in [4.78, 5) is 25.5. The minimum absolute atomic E-state index is 0.00444. The van der Waals surface area contributed by atoms with E-state index in [9.17, 15) is 22.8 Å². The fraction of sp³-hybridized carbons (Fsp3) is 0.172. The van der Waals surface area contributed by atoms with E-state index in [0.29, 0.717) is 35.3 Å². The molecular weight excluding hydrogens is 537 g/mol. The van der Waals surface area contributed by atoms with Crippen LogP contribution in [0.15, 0.2) is 76.0 Å². The Labute approximate surface area is 226 Å². The summed E-state index contributed by atoms with van der Waals surface area (Å²) in [5.74, 6) is -1.29. The lowest BCUT2D eigenvalue weighted by atomic mass is 10.0. The number of hydrogen-bond donors (Lipinski definition) is 0. The molecule has 3 aromatic carbocycles. The van der Waals surface area contributed by atoms with E-state index in [0.717, 1.165) is 12.1 Å². The van der Waals surface area contributed by atoms with Crippen LogP contribution in [0.25, 0.3) is 28.2 Å². The van der Waals surface area contributed by atoms with Crippen LogP contribution in [0.3, 0.4) is 0 Å². The molecule has 4 rings (SSSR count). The highest BCUT2D eigenvalue weighted by Gasteiger charge is 2.39. The van der Waals surface area contributed by atoms with Crippen LogP contribution in [-0.4, -0.2) is 19.2 Å². The second-order valence-electron chi connectivity index (χ2n) is 8.12. The molecule has 39 heavy (non-hydrogen) atoms. The zero-order valence-corrected chi connectivity index (χ0v) is 21.6. The number of fused-ring (bicyclic) bond motifs is 1. The highest BCUT2D eigenvalue weighted by Crippen LogP contribution is 2.38. The molecule has 202 valence electrons. The first kappa shape index (κ1) is 27.8. The van der Waals surface area contributed by atoms with Crippen LogP contribution in [0.1, 0.15) is 25.2 Å². The van der Waals surface area contributed by atoms with Gasteiger partial charge < -0.3 is 18.6 Å². The number of halogens is 4. The number of hydrogen-bond acceptors (Lipinski definition) is 6. The molecule has 0 fully saturated rings. The first-order valence-corrected chi connectivity index (χ1v) is 12.2. The Balaban J connectivity index is 1.63. The summed E-state index contributed by atoms with van der Waals surface area (Å²) in [7, 11) is 0. The van der Waals surface area contributed by atoms with Crippen molar-refractivity contribution < 1.29 is 36.6 Å². The van der Waals surface area contributed by atoms with Gasteiger partial charge in [-0.3, -0.25) is 4.79 Å². The largest absolute Gasteiger partial charge is 0.490 e. The molecule has 0 radical (unpaired) electrons. The van der Waals surface area contributed by atoms with E-state index >= 15 is 0 Å². The Hall–Kier alpha value is -4.24. The van der Waals surface area contributed by atoms with E-state index in [4.69, 9.17) is 30.2 Å². The van der Waals surface area contributed by atoms with Gasteiger partial charge in [-0.05, 0) is 67.4 Å². The molecule has 0 spiro atoms. The summed E-state index contributed by atoms with van der Waals surface area (Å²) in [6.45, 7) is 4.56. The molecule has 6 nitrogen and oxygen atoms in total. The maximum atomic E-state index is 13.9. The first-order valence-electron chi connectivity index (χ1n) is 11.8. The Bertz CT molecular complexity index is 1590. The number of carbonyl (C=O) groups excluding carboxylic acids is 1. The fourth-order valence-corrected chi connectivity index (χ4v) is 3.93. The lowest BCUT2D eigenvalue weighted by Crippen LogP contribution is -2.16. The van der Waals surface area contributed by atoms with Crippen LogP contribution in [0.5, 0.6) is 17.2 Å². The number of benzene rings is 3. The van der Waals surface area contributed by atoms with Crippen LogP contribution in [0.4, 0.5) is 13.2 Å². The van der Waals surface area contributed by atoms with E-state index in [1.807, 2.05) is 13.8 Å². The third-order valence-electron chi connectivity index (χ3n) is 5.45. The topological polar surface area (TPSA) is 75.0 Å². The average Bonchev–Trinajstić information content (AvgIpc) is 2.89. The molecule has 0 saturated carbocycles. The maximum Gasteiger partial charge on any atom is 0.450 e. The van der Waals surface area contributed by atoms with E-state index in [1.54, 1.807) is 18.2 Å². The van der Waals surface area contributed by atoms with Crippen molar-refractivity contribution in [3.63, 3.8) is 0 Å². The smallest absolute Gasteiger partial charge is 0.450 e. The van der Waals surface area contributed by atoms with Crippen LogP contribution in [0, 0.1) is 0 Å². The molecule has 0 saturated heterocycles. The third-order valence-corrected chi connectivity index (χ3v) is 5.70. The molecular formula is C29H22ClF3O6. The molecule has 0 aliphatic rings. The predicted molar refractivity (Wildman–Crippen MR) is 141 cm³/mol. The highest BCUT2D eigenvalue weighted by molar-refractivity contribution is 6.30. The normalized spacial score (nSPS) is 11.6. The Morgan fingerprint density at radius 2 is 1.64 bits per heavy atom. The van der Waals surface area contributed by atoms with Crippen molar-refractivity contribution >= 4 is 34.6 Å². The van der Waals surface area contributed by atoms with Crippen LogP contribution < -0.4 is 19.6 Å². The Morgan fingerprint density at radius 1 is 0.949 bits per heavy atom. The molecule has 4 aromatic rings. The van der Waals surface area contributed by atoms with Crippen molar-refractivity contribution in [2.45, 2.75) is 20.0 Å². The summed E-state index contributed by atoms with van der Waals surface area (Å²) in [5, 5.41) is 0.191. The Kier molecular flexibility index (Phi) is 8.30. The van der Waals surface area contributed by atoms with Gasteiger partial charge in [0.1, 0.15) is 11.3 Å². The molecule has 10 heteroatoms. The Morgan fingerprint density at radius 3 is 2.31 bits per heavy atom. The van der Waals surface area contributed by atoms with E-state index < -0.39 is 28.9 Å². The van der Waals surface area contributed by atoms with Gasteiger partial charge in [-0.25, -0.2) is 4.79 Å². The van der Waals surface area contributed by atoms with Gasteiger partial charge >= 0.3 is 12.1 Å². The maximum absolute atomic E-state index is 13.9. The summed E-state index contributed by atoms with van der Waals surface area (Å²) in [5.41, 5.74) is -1.27. The zero-order chi connectivity index (χ0) is 28.2. The average molecular weight is 559 g/mol. The van der Waals surface area contributed by atoms with E-state index in [-0.39, 0.29) is 22.3 Å². The number of ether oxygens (including phenoxy) is 3. The van der Waals surface area contributed by atoms with Crippen molar-refractivity contribution in [1.82, 2.24) is 0 Å². The van der Waals surface area contributed by atoms with Gasteiger partial charge in [0.15, 0.2) is 11.5 Å². The molecule has 0 aliphatic carbocycles. The van der Waals surface area contributed by atoms with Crippen molar-refractivity contribution in [3.05, 3.63) is 93.3 Å². The van der Waals surface area contributed by atoms with E-state index in [2.05, 4.69) is 0 Å². The number of carbonyl (C=O) groups is 1. The standard InChI is InChI=1S/C29H22ClF3O6/c1-3-36-22-13-5-17(15-24(22)37-4-2)6-14-25(34)38-20-11-12-21-23(16-20)39-28(29(31,32)33)26(27(21)35)18-7-9-19(30)10-8-18/h5-16H,3-4H2,1-2H3/b14-6+. The van der Waals surface area contributed by atoms with Gasteiger partial charge in [-0.15, -0.1) is 0 Å².